The number of anilines is 1. The van der Waals surface area contributed by atoms with Gasteiger partial charge in [-0.05, 0) is 47.9 Å². The average Bonchev–Trinajstić information content (AvgIpc) is 2.56. The van der Waals surface area contributed by atoms with Crippen molar-refractivity contribution in [1.29, 1.82) is 0 Å². The number of benzene rings is 3. The van der Waals surface area contributed by atoms with Gasteiger partial charge in [-0.3, -0.25) is 4.79 Å². The average molecular weight is 304 g/mol. The molecule has 0 unspecified atom stereocenters. The number of nitrogens with two attached hydrogens (primary N) is 1. The molecule has 1 amide bonds. The van der Waals surface area contributed by atoms with E-state index in [4.69, 9.17) is 5.73 Å². The maximum Gasteiger partial charge on any atom is 0.252 e. The molecule has 0 saturated heterocycles. The number of amides is 1. The lowest BCUT2D eigenvalue weighted by molar-refractivity contribution is 0.0939. The predicted octanol–water partition coefficient (Wildman–Crippen LogP) is 4.22. The van der Waals surface area contributed by atoms with E-state index in [9.17, 15) is 4.79 Å². The van der Waals surface area contributed by atoms with Gasteiger partial charge in [0.1, 0.15) is 0 Å². The first-order valence-corrected chi connectivity index (χ1v) is 7.71. The third-order valence-corrected chi connectivity index (χ3v) is 4.14. The summed E-state index contributed by atoms with van der Waals surface area (Å²) in [5.41, 5.74) is 9.05. The molecule has 0 aliphatic heterocycles. The Labute approximate surface area is 136 Å². The van der Waals surface area contributed by atoms with Gasteiger partial charge in [0, 0.05) is 11.3 Å². The summed E-state index contributed by atoms with van der Waals surface area (Å²) in [6.45, 7) is 3.91. The molecule has 116 valence electrons. The topological polar surface area (TPSA) is 55.1 Å². The smallest absolute Gasteiger partial charge is 0.252 e. The largest absolute Gasteiger partial charge is 0.399 e. The van der Waals surface area contributed by atoms with E-state index in [1.54, 1.807) is 12.1 Å². The van der Waals surface area contributed by atoms with E-state index in [0.717, 1.165) is 16.5 Å². The number of carbonyl (C=O) groups is 1. The van der Waals surface area contributed by atoms with Crippen LogP contribution in [0.3, 0.4) is 0 Å². The van der Waals surface area contributed by atoms with E-state index < -0.39 is 0 Å². The highest BCUT2D eigenvalue weighted by atomic mass is 16.1. The Kier molecular flexibility index (Phi) is 4.02. The number of nitrogens with one attached hydrogen (secondary N) is 1. The Morgan fingerprint density at radius 2 is 1.78 bits per heavy atom. The second kappa shape index (κ2) is 6.13. The highest BCUT2D eigenvalue weighted by molar-refractivity contribution is 5.97. The molecule has 0 radical (unpaired) electrons. The van der Waals surface area contributed by atoms with Gasteiger partial charge in [-0.1, -0.05) is 48.5 Å². The minimum absolute atomic E-state index is 0.0885. The molecule has 0 aliphatic rings. The van der Waals surface area contributed by atoms with Crippen molar-refractivity contribution in [3.8, 4) is 0 Å². The zero-order valence-electron chi connectivity index (χ0n) is 13.3. The van der Waals surface area contributed by atoms with Gasteiger partial charge in [-0.2, -0.15) is 0 Å². The van der Waals surface area contributed by atoms with Crippen LogP contribution in [0.4, 0.5) is 5.69 Å². The normalized spacial score (nSPS) is 12.1. The molecule has 0 spiro atoms. The van der Waals surface area contributed by atoms with E-state index in [1.165, 1.54) is 5.39 Å². The Morgan fingerprint density at radius 3 is 2.61 bits per heavy atom. The Hall–Kier alpha value is -2.81. The maximum absolute atomic E-state index is 12.6. The maximum atomic E-state index is 12.6. The highest BCUT2D eigenvalue weighted by Gasteiger charge is 2.15. The fourth-order valence-electron chi connectivity index (χ4n) is 2.86. The Morgan fingerprint density at radius 1 is 1.04 bits per heavy atom. The highest BCUT2D eigenvalue weighted by Crippen LogP contribution is 2.24. The summed E-state index contributed by atoms with van der Waals surface area (Å²) >= 11 is 0. The second-order valence-corrected chi connectivity index (χ2v) is 5.84. The molecule has 3 nitrogen and oxygen atoms in total. The molecule has 23 heavy (non-hydrogen) atoms. The Balaban J connectivity index is 1.90. The van der Waals surface area contributed by atoms with Crippen LogP contribution in [0, 0.1) is 6.92 Å². The molecule has 3 aromatic rings. The zero-order valence-corrected chi connectivity index (χ0v) is 13.3. The summed E-state index contributed by atoms with van der Waals surface area (Å²) in [5, 5.41) is 5.41. The monoisotopic (exact) mass is 304 g/mol. The summed E-state index contributed by atoms with van der Waals surface area (Å²) in [7, 11) is 0. The molecule has 3 heteroatoms. The predicted molar refractivity (Wildman–Crippen MR) is 95.4 cm³/mol. The van der Waals surface area contributed by atoms with Crippen LogP contribution in [0.25, 0.3) is 10.8 Å². The molecule has 0 heterocycles. The molecular weight excluding hydrogens is 284 g/mol. The second-order valence-electron chi connectivity index (χ2n) is 5.84. The first-order valence-electron chi connectivity index (χ1n) is 7.71. The Bertz CT molecular complexity index is 865. The van der Waals surface area contributed by atoms with Crippen molar-refractivity contribution in [3.63, 3.8) is 0 Å². The number of fused-ring (bicyclic) bond motifs is 1. The number of hydrogen-bond donors (Lipinski definition) is 2. The minimum Gasteiger partial charge on any atom is -0.399 e. The lowest BCUT2D eigenvalue weighted by Gasteiger charge is -2.17. The summed E-state index contributed by atoms with van der Waals surface area (Å²) < 4.78 is 0. The molecule has 0 aromatic heterocycles. The van der Waals surface area contributed by atoms with Gasteiger partial charge in [0.2, 0.25) is 0 Å². The summed E-state index contributed by atoms with van der Waals surface area (Å²) in [5.74, 6) is -0.102. The van der Waals surface area contributed by atoms with Gasteiger partial charge in [0.15, 0.2) is 0 Å². The first-order chi connectivity index (χ1) is 11.1. The third-order valence-electron chi connectivity index (χ3n) is 4.14. The fraction of sp³-hybridized carbons (Fsp3) is 0.150. The first kappa shape index (κ1) is 15.1. The molecule has 1 atom stereocenters. The molecule has 0 fully saturated rings. The zero-order chi connectivity index (χ0) is 16.4. The SMILES string of the molecule is Cc1ccc(N)cc1C(=O)N[C@@H](C)c1cccc2ccccc12. The van der Waals surface area contributed by atoms with Gasteiger partial charge in [0.05, 0.1) is 6.04 Å². The molecule has 3 rings (SSSR count). The molecule has 3 aromatic carbocycles. The number of rotatable bonds is 3. The van der Waals surface area contributed by atoms with Crippen LogP contribution in [0.15, 0.2) is 60.7 Å². The van der Waals surface area contributed by atoms with Crippen LogP contribution < -0.4 is 11.1 Å². The van der Waals surface area contributed by atoms with Gasteiger partial charge < -0.3 is 11.1 Å². The van der Waals surface area contributed by atoms with Crippen LogP contribution in [0.2, 0.25) is 0 Å². The van der Waals surface area contributed by atoms with Crippen molar-refractivity contribution >= 4 is 22.4 Å². The lowest BCUT2D eigenvalue weighted by atomic mass is 9.99. The van der Waals surface area contributed by atoms with E-state index in [1.807, 2.05) is 38.1 Å². The van der Waals surface area contributed by atoms with Gasteiger partial charge in [-0.15, -0.1) is 0 Å². The number of hydrogen-bond acceptors (Lipinski definition) is 2. The summed E-state index contributed by atoms with van der Waals surface area (Å²) in [4.78, 5) is 12.6. The van der Waals surface area contributed by atoms with Gasteiger partial charge >= 0.3 is 0 Å². The van der Waals surface area contributed by atoms with Crippen molar-refractivity contribution in [3.05, 3.63) is 77.4 Å². The van der Waals surface area contributed by atoms with Crippen LogP contribution in [-0.2, 0) is 0 Å². The van der Waals surface area contributed by atoms with Crippen molar-refractivity contribution < 1.29 is 4.79 Å². The molecule has 0 saturated carbocycles. The lowest BCUT2D eigenvalue weighted by Crippen LogP contribution is -2.27. The van der Waals surface area contributed by atoms with Gasteiger partial charge in [-0.25, -0.2) is 0 Å². The van der Waals surface area contributed by atoms with Crippen molar-refractivity contribution in [2.24, 2.45) is 0 Å². The number of carbonyl (C=O) groups excluding carboxylic acids is 1. The van der Waals surface area contributed by atoms with Crippen LogP contribution in [0.1, 0.15) is 34.5 Å². The van der Waals surface area contributed by atoms with Crippen LogP contribution in [-0.4, -0.2) is 5.91 Å². The van der Waals surface area contributed by atoms with Crippen molar-refractivity contribution in [2.45, 2.75) is 19.9 Å². The molecule has 0 bridgehead atoms. The number of aryl methyl sites for hydroxylation is 1. The van der Waals surface area contributed by atoms with E-state index >= 15 is 0 Å². The fourth-order valence-corrected chi connectivity index (χ4v) is 2.86. The molecule has 3 N–H and O–H groups in total. The summed E-state index contributed by atoms with van der Waals surface area (Å²) in [6.07, 6.45) is 0. The van der Waals surface area contributed by atoms with Crippen LogP contribution in [0.5, 0.6) is 0 Å². The minimum atomic E-state index is -0.102. The van der Waals surface area contributed by atoms with Gasteiger partial charge in [0.25, 0.3) is 5.91 Å². The van der Waals surface area contributed by atoms with E-state index in [2.05, 4.69) is 29.6 Å². The third kappa shape index (κ3) is 3.04. The standard InChI is InChI=1S/C20H20N2O/c1-13-10-11-16(21)12-19(13)20(23)22-14(2)17-9-5-7-15-6-3-4-8-18(15)17/h3-12,14H,21H2,1-2H3,(H,22,23)/t14-/m0/s1. The molecule has 0 aliphatic carbocycles. The van der Waals surface area contributed by atoms with Crippen molar-refractivity contribution in [2.75, 3.05) is 5.73 Å². The van der Waals surface area contributed by atoms with Crippen LogP contribution >= 0.6 is 0 Å². The number of nitrogen functional groups attached to an aromatic ring is 1. The van der Waals surface area contributed by atoms with Crippen molar-refractivity contribution in [1.82, 2.24) is 5.32 Å². The molecular formula is C20H20N2O. The quantitative estimate of drug-likeness (QED) is 0.712. The summed E-state index contributed by atoms with van der Waals surface area (Å²) in [6, 6.07) is 19.7. The van der Waals surface area contributed by atoms with E-state index in [0.29, 0.717) is 11.3 Å². The van der Waals surface area contributed by atoms with E-state index in [-0.39, 0.29) is 11.9 Å².